The van der Waals surface area contributed by atoms with Crippen LogP contribution < -0.4 is 5.32 Å². The Bertz CT molecular complexity index is 868. The van der Waals surface area contributed by atoms with Crippen molar-refractivity contribution >= 4 is 28.4 Å². The maximum Gasteiger partial charge on any atom is 0.248 e. The van der Waals surface area contributed by atoms with Crippen LogP contribution in [0.2, 0.25) is 0 Å². The lowest BCUT2D eigenvalue weighted by atomic mass is 10.0. The molecular weight excluding hydrogens is 282 g/mol. The van der Waals surface area contributed by atoms with E-state index in [2.05, 4.69) is 29.6 Å². The van der Waals surface area contributed by atoms with Crippen molar-refractivity contribution in [1.82, 2.24) is 0 Å². The number of nitrogens with one attached hydrogen (secondary N) is 1. The molecule has 2 heteroatoms. The zero-order chi connectivity index (χ0) is 16.2. The van der Waals surface area contributed by atoms with Crippen molar-refractivity contribution in [2.75, 3.05) is 5.32 Å². The number of aryl methyl sites for hydroxylation is 2. The van der Waals surface area contributed by atoms with Crippen LogP contribution in [0.25, 0.3) is 16.8 Å². The van der Waals surface area contributed by atoms with Crippen molar-refractivity contribution in [2.45, 2.75) is 13.8 Å². The monoisotopic (exact) mass is 301 g/mol. The number of hydrogen-bond donors (Lipinski definition) is 1. The van der Waals surface area contributed by atoms with Crippen LogP contribution in [0.15, 0.2) is 66.7 Å². The van der Waals surface area contributed by atoms with Gasteiger partial charge in [0, 0.05) is 11.8 Å². The summed E-state index contributed by atoms with van der Waals surface area (Å²) in [7, 11) is 0. The molecule has 0 aliphatic heterocycles. The maximum atomic E-state index is 12.1. The summed E-state index contributed by atoms with van der Waals surface area (Å²) >= 11 is 0. The minimum Gasteiger partial charge on any atom is -0.322 e. The molecule has 0 heterocycles. The van der Waals surface area contributed by atoms with E-state index in [9.17, 15) is 4.79 Å². The quantitative estimate of drug-likeness (QED) is 0.669. The highest BCUT2D eigenvalue weighted by atomic mass is 16.1. The second-order valence-electron chi connectivity index (χ2n) is 5.77. The number of carbonyl (C=O) groups excluding carboxylic acids is 1. The molecule has 0 fully saturated rings. The Kier molecular flexibility index (Phi) is 4.24. The SMILES string of the molecule is Cc1cc(C)cc(NC(=O)/C=C/c2cccc3ccccc23)c1. The molecular formula is C21H19NO. The fourth-order valence-corrected chi connectivity index (χ4v) is 2.79. The molecule has 2 nitrogen and oxygen atoms in total. The van der Waals surface area contributed by atoms with Gasteiger partial charge in [0.2, 0.25) is 5.91 Å². The molecule has 3 rings (SSSR count). The van der Waals surface area contributed by atoms with E-state index < -0.39 is 0 Å². The fraction of sp³-hybridized carbons (Fsp3) is 0.0952. The Morgan fingerprint density at radius 1 is 0.913 bits per heavy atom. The highest BCUT2D eigenvalue weighted by Crippen LogP contribution is 2.20. The molecule has 3 aromatic rings. The minimum absolute atomic E-state index is 0.122. The highest BCUT2D eigenvalue weighted by Gasteiger charge is 2.01. The third-order valence-electron chi connectivity index (χ3n) is 3.73. The zero-order valence-corrected chi connectivity index (χ0v) is 13.3. The normalized spacial score (nSPS) is 11.0. The van der Waals surface area contributed by atoms with E-state index in [0.29, 0.717) is 0 Å². The summed E-state index contributed by atoms with van der Waals surface area (Å²) in [5, 5.41) is 5.23. The molecule has 3 aromatic carbocycles. The van der Waals surface area contributed by atoms with E-state index in [1.54, 1.807) is 6.08 Å². The molecule has 0 radical (unpaired) electrons. The van der Waals surface area contributed by atoms with Crippen molar-refractivity contribution < 1.29 is 4.79 Å². The average Bonchev–Trinajstić information content (AvgIpc) is 2.52. The van der Waals surface area contributed by atoms with Gasteiger partial charge in [-0.3, -0.25) is 4.79 Å². The smallest absolute Gasteiger partial charge is 0.248 e. The first kappa shape index (κ1) is 15.0. The number of rotatable bonds is 3. The summed E-state index contributed by atoms with van der Waals surface area (Å²) in [6.07, 6.45) is 3.44. The molecule has 0 aromatic heterocycles. The van der Waals surface area contributed by atoms with Gasteiger partial charge in [0.15, 0.2) is 0 Å². The summed E-state index contributed by atoms with van der Waals surface area (Å²) in [5.74, 6) is -0.122. The Balaban J connectivity index is 1.80. The summed E-state index contributed by atoms with van der Waals surface area (Å²) in [6.45, 7) is 4.04. The summed E-state index contributed by atoms with van der Waals surface area (Å²) in [4.78, 5) is 12.1. The third kappa shape index (κ3) is 3.67. The number of anilines is 1. The van der Waals surface area contributed by atoms with E-state index >= 15 is 0 Å². The second-order valence-corrected chi connectivity index (χ2v) is 5.77. The molecule has 1 amide bonds. The van der Waals surface area contributed by atoms with Gasteiger partial charge >= 0.3 is 0 Å². The van der Waals surface area contributed by atoms with Crippen LogP contribution in [0, 0.1) is 13.8 Å². The Morgan fingerprint density at radius 2 is 1.61 bits per heavy atom. The Morgan fingerprint density at radius 3 is 2.39 bits per heavy atom. The van der Waals surface area contributed by atoms with Gasteiger partial charge < -0.3 is 5.32 Å². The van der Waals surface area contributed by atoms with E-state index in [-0.39, 0.29) is 5.91 Å². The van der Waals surface area contributed by atoms with E-state index in [4.69, 9.17) is 0 Å². The van der Waals surface area contributed by atoms with Crippen LogP contribution in [0.5, 0.6) is 0 Å². The molecule has 23 heavy (non-hydrogen) atoms. The van der Waals surface area contributed by atoms with Gasteiger partial charge in [0.1, 0.15) is 0 Å². The van der Waals surface area contributed by atoms with Crippen molar-refractivity contribution in [3.63, 3.8) is 0 Å². The predicted molar refractivity (Wildman–Crippen MR) is 97.5 cm³/mol. The first-order chi connectivity index (χ1) is 11.1. The van der Waals surface area contributed by atoms with Gasteiger partial charge in [0.05, 0.1) is 0 Å². The lowest BCUT2D eigenvalue weighted by Crippen LogP contribution is -2.08. The molecule has 1 N–H and O–H groups in total. The molecule has 114 valence electrons. The van der Waals surface area contributed by atoms with Crippen LogP contribution in [0.4, 0.5) is 5.69 Å². The summed E-state index contributed by atoms with van der Waals surface area (Å²) in [5.41, 5.74) is 4.14. The van der Waals surface area contributed by atoms with Crippen LogP contribution in [-0.2, 0) is 4.79 Å². The highest BCUT2D eigenvalue weighted by molar-refractivity contribution is 6.03. The molecule has 0 atom stereocenters. The lowest BCUT2D eigenvalue weighted by molar-refractivity contribution is -0.111. The number of carbonyl (C=O) groups is 1. The van der Waals surface area contributed by atoms with E-state index in [1.807, 2.05) is 56.3 Å². The van der Waals surface area contributed by atoms with Crippen molar-refractivity contribution in [1.29, 1.82) is 0 Å². The topological polar surface area (TPSA) is 29.1 Å². The second kappa shape index (κ2) is 6.49. The number of amides is 1. The van der Waals surface area contributed by atoms with E-state index in [0.717, 1.165) is 27.8 Å². The molecule has 0 saturated heterocycles. The van der Waals surface area contributed by atoms with Crippen molar-refractivity contribution in [3.05, 3.63) is 83.4 Å². The van der Waals surface area contributed by atoms with Crippen molar-refractivity contribution in [2.24, 2.45) is 0 Å². The minimum atomic E-state index is -0.122. The molecule has 0 saturated carbocycles. The number of fused-ring (bicyclic) bond motifs is 1. The first-order valence-electron chi connectivity index (χ1n) is 7.67. The van der Waals surface area contributed by atoms with Gasteiger partial charge in [-0.15, -0.1) is 0 Å². The van der Waals surface area contributed by atoms with Crippen LogP contribution >= 0.6 is 0 Å². The third-order valence-corrected chi connectivity index (χ3v) is 3.73. The fourth-order valence-electron chi connectivity index (χ4n) is 2.79. The molecule has 0 aliphatic rings. The lowest BCUT2D eigenvalue weighted by Gasteiger charge is -2.05. The van der Waals surface area contributed by atoms with Crippen LogP contribution in [0.3, 0.4) is 0 Å². The van der Waals surface area contributed by atoms with Gasteiger partial charge in [0.25, 0.3) is 0 Å². The largest absolute Gasteiger partial charge is 0.322 e. The molecule has 0 bridgehead atoms. The van der Waals surface area contributed by atoms with Crippen LogP contribution in [0.1, 0.15) is 16.7 Å². The van der Waals surface area contributed by atoms with Gasteiger partial charge in [-0.05, 0) is 59.5 Å². The average molecular weight is 301 g/mol. The standard InChI is InChI=1S/C21H19NO/c1-15-12-16(2)14-19(13-15)22-21(23)11-10-18-8-5-7-17-6-3-4-9-20(17)18/h3-14H,1-2H3,(H,22,23)/b11-10+. The van der Waals surface area contributed by atoms with Gasteiger partial charge in [-0.25, -0.2) is 0 Å². The first-order valence-corrected chi connectivity index (χ1v) is 7.67. The molecule has 0 aliphatic carbocycles. The number of hydrogen-bond acceptors (Lipinski definition) is 1. The Hall–Kier alpha value is -2.87. The maximum absolute atomic E-state index is 12.1. The zero-order valence-electron chi connectivity index (χ0n) is 13.3. The summed E-state index contributed by atoms with van der Waals surface area (Å²) in [6, 6.07) is 20.3. The van der Waals surface area contributed by atoms with Gasteiger partial charge in [-0.2, -0.15) is 0 Å². The van der Waals surface area contributed by atoms with Crippen LogP contribution in [-0.4, -0.2) is 5.91 Å². The summed E-state index contributed by atoms with van der Waals surface area (Å²) < 4.78 is 0. The number of benzene rings is 3. The molecule has 0 spiro atoms. The predicted octanol–water partition coefficient (Wildman–Crippen LogP) is 5.11. The molecule has 0 unspecified atom stereocenters. The van der Waals surface area contributed by atoms with Gasteiger partial charge in [-0.1, -0.05) is 48.5 Å². The van der Waals surface area contributed by atoms with E-state index in [1.165, 1.54) is 5.39 Å². The van der Waals surface area contributed by atoms with Crippen molar-refractivity contribution in [3.8, 4) is 0 Å². The Labute approximate surface area is 136 Å².